The molecule has 1 atom stereocenters. The average Bonchev–Trinajstić information content (AvgIpc) is 2.59. The summed E-state index contributed by atoms with van der Waals surface area (Å²) in [7, 11) is 0. The molecule has 0 aliphatic carbocycles. The molecule has 0 bridgehead atoms. The number of hydrogen-bond acceptors (Lipinski definition) is 2. The Bertz CT molecular complexity index is 474. The van der Waals surface area contributed by atoms with Crippen molar-refractivity contribution in [2.45, 2.75) is 6.17 Å². The van der Waals surface area contributed by atoms with Crippen LogP contribution < -0.4 is 5.32 Å². The third-order valence-corrected chi connectivity index (χ3v) is 2.59. The van der Waals surface area contributed by atoms with Crippen molar-refractivity contribution in [1.82, 2.24) is 0 Å². The Labute approximate surface area is 81.3 Å². The van der Waals surface area contributed by atoms with Gasteiger partial charge in [-0.2, -0.15) is 0 Å². The van der Waals surface area contributed by atoms with E-state index in [9.17, 15) is 4.91 Å². The first-order valence-corrected chi connectivity index (χ1v) is 4.56. The Morgan fingerprint density at radius 3 is 3.07 bits per heavy atom. The molecule has 0 saturated heterocycles. The first kappa shape index (κ1) is 7.50. The summed E-state index contributed by atoms with van der Waals surface area (Å²) in [5.74, 6) is 0. The van der Waals surface area contributed by atoms with E-state index in [2.05, 4.69) is 5.32 Å². The van der Waals surface area contributed by atoms with Crippen molar-refractivity contribution in [3.05, 3.63) is 53.1 Å². The van der Waals surface area contributed by atoms with Crippen molar-refractivity contribution < 1.29 is 4.76 Å². The van der Waals surface area contributed by atoms with Crippen LogP contribution in [-0.4, -0.2) is 10.9 Å². The van der Waals surface area contributed by atoms with Gasteiger partial charge < -0.3 is 5.32 Å². The smallest absolute Gasteiger partial charge is 0.306 e. The molecule has 1 N–H and O–H groups in total. The monoisotopic (exact) mass is 187 g/mol. The van der Waals surface area contributed by atoms with Gasteiger partial charge >= 0.3 is 6.17 Å². The van der Waals surface area contributed by atoms with Crippen molar-refractivity contribution in [3.63, 3.8) is 0 Å². The highest BCUT2D eigenvalue weighted by atomic mass is 16.5. The Hall–Kier alpha value is -1.90. The van der Waals surface area contributed by atoms with Crippen molar-refractivity contribution in [3.8, 4) is 0 Å². The number of para-hydroxylation sites is 1. The summed E-state index contributed by atoms with van der Waals surface area (Å²) in [5, 5.41) is 3.18. The highest BCUT2D eigenvalue weighted by molar-refractivity contribution is 5.86. The van der Waals surface area contributed by atoms with Crippen LogP contribution in [-0.2, 0) is 0 Å². The number of allylic oxidation sites excluding steroid dienone is 2. The molecule has 3 rings (SSSR count). The molecular formula is C11H9N2O+. The molecule has 3 nitrogen and oxygen atoms in total. The molecule has 3 heteroatoms. The van der Waals surface area contributed by atoms with Crippen LogP contribution in [0.15, 0.2) is 42.6 Å². The topological polar surface area (TPSA) is 32.1 Å². The molecule has 1 aromatic carbocycles. The average molecular weight is 187 g/mol. The summed E-state index contributed by atoms with van der Waals surface area (Å²) in [6.45, 7) is 0. The second kappa shape index (κ2) is 2.54. The predicted octanol–water partition coefficient (Wildman–Crippen LogP) is 2.13. The zero-order chi connectivity index (χ0) is 9.54. The third kappa shape index (κ3) is 0.865. The molecule has 0 saturated carbocycles. The van der Waals surface area contributed by atoms with Gasteiger partial charge in [0.1, 0.15) is 0 Å². The van der Waals surface area contributed by atoms with Gasteiger partial charge in [-0.05, 0) is 12.1 Å². The molecule has 2 aliphatic rings. The van der Waals surface area contributed by atoms with Crippen LogP contribution in [0, 0.1) is 4.91 Å². The number of benzene rings is 1. The van der Waals surface area contributed by atoms with E-state index >= 15 is 0 Å². The Morgan fingerprint density at radius 2 is 2.14 bits per heavy atom. The maximum Gasteiger partial charge on any atom is 0.306 e. The molecule has 1 aromatic rings. The van der Waals surface area contributed by atoms with Gasteiger partial charge in [0.15, 0.2) is 0 Å². The van der Waals surface area contributed by atoms with Crippen LogP contribution in [0.3, 0.4) is 0 Å². The Balaban J connectivity index is 2.19. The number of hydrogen-bond donors (Lipinski definition) is 1. The third-order valence-electron chi connectivity index (χ3n) is 2.59. The number of anilines is 1. The lowest BCUT2D eigenvalue weighted by atomic mass is 10.1. The van der Waals surface area contributed by atoms with Gasteiger partial charge in [0.05, 0.1) is 10.3 Å². The van der Waals surface area contributed by atoms with E-state index in [1.165, 1.54) is 6.20 Å². The lowest BCUT2D eigenvalue weighted by Crippen LogP contribution is -2.26. The largest absolute Gasteiger partial charge is 0.320 e. The van der Waals surface area contributed by atoms with Gasteiger partial charge in [0, 0.05) is 22.2 Å². The van der Waals surface area contributed by atoms with Crippen LogP contribution in [0.2, 0.25) is 0 Å². The van der Waals surface area contributed by atoms with Crippen LogP contribution >= 0.6 is 0 Å². The fourth-order valence-corrected chi connectivity index (χ4v) is 1.93. The summed E-state index contributed by atoms with van der Waals surface area (Å²) in [5.41, 5.74) is 3.22. The van der Waals surface area contributed by atoms with Gasteiger partial charge in [0.25, 0.3) is 0 Å². The second-order valence-corrected chi connectivity index (χ2v) is 3.42. The summed E-state index contributed by atoms with van der Waals surface area (Å²) < 4.78 is 0.940. The van der Waals surface area contributed by atoms with Crippen LogP contribution in [0.5, 0.6) is 0 Å². The second-order valence-electron chi connectivity index (χ2n) is 3.42. The standard InChI is InChI=1S/C11H9N2O/c14-13-7-3-5-9-8-4-1-2-6-10(8)12-11(9)13/h1-7,11-12H/q+1/i12+1,13+1. The lowest BCUT2D eigenvalue weighted by Gasteiger charge is -2.04. The zero-order valence-electron chi connectivity index (χ0n) is 7.47. The minimum Gasteiger partial charge on any atom is -0.320 e. The number of fused-ring (bicyclic) bond motifs is 3. The molecule has 0 radical (unpaired) electrons. The first-order chi connectivity index (χ1) is 6.86. The lowest BCUT2D eigenvalue weighted by molar-refractivity contribution is -0.498. The fraction of sp³-hybridized carbons (Fsp3) is 0.0909. The summed E-state index contributed by atoms with van der Waals surface area (Å²) in [4.78, 5) is 11.5. The van der Waals surface area contributed by atoms with E-state index in [1.54, 1.807) is 6.08 Å². The molecule has 68 valence electrons. The molecule has 0 aromatic heterocycles. The molecule has 0 amide bonds. The number of rotatable bonds is 0. The Kier molecular flexibility index (Phi) is 1.36. The normalized spacial score (nSPS) is 22.4. The maximum atomic E-state index is 11.5. The van der Waals surface area contributed by atoms with Gasteiger partial charge in [-0.15, -0.1) is 0 Å². The number of nitrogens with one attached hydrogen (secondary N) is 1. The number of nitrogens with zero attached hydrogens (tertiary/aromatic N) is 1. The van der Waals surface area contributed by atoms with Crippen LogP contribution in [0.4, 0.5) is 5.69 Å². The van der Waals surface area contributed by atoms with Crippen molar-refractivity contribution in [2.75, 3.05) is 5.32 Å². The predicted molar refractivity (Wildman–Crippen MR) is 54.6 cm³/mol. The summed E-state index contributed by atoms with van der Waals surface area (Å²) >= 11 is 0. The van der Waals surface area contributed by atoms with Gasteiger partial charge in [-0.25, -0.2) is 0 Å². The maximum absolute atomic E-state index is 11.5. The minimum absolute atomic E-state index is 0.239. The van der Waals surface area contributed by atoms with Crippen molar-refractivity contribution in [1.29, 1.82) is 0 Å². The van der Waals surface area contributed by atoms with Crippen LogP contribution in [0.25, 0.3) is 5.57 Å². The molecular weight excluding hydrogens is 178 g/mol. The van der Waals surface area contributed by atoms with E-state index in [0.29, 0.717) is 0 Å². The quantitative estimate of drug-likeness (QED) is 0.498. The van der Waals surface area contributed by atoms with E-state index in [4.69, 9.17) is 0 Å². The van der Waals surface area contributed by atoms with Crippen molar-refractivity contribution in [2.24, 2.45) is 0 Å². The molecule has 14 heavy (non-hydrogen) atoms. The Morgan fingerprint density at radius 1 is 1.29 bits per heavy atom. The van der Waals surface area contributed by atoms with E-state index < -0.39 is 0 Å². The molecule has 2 heterocycles. The molecule has 0 fully saturated rings. The highest BCUT2D eigenvalue weighted by Gasteiger charge is 2.37. The molecule has 2 aliphatic heterocycles. The molecule has 0 spiro atoms. The minimum atomic E-state index is -0.239. The van der Waals surface area contributed by atoms with Crippen molar-refractivity contribution >= 4 is 11.3 Å². The van der Waals surface area contributed by atoms with Gasteiger partial charge in [-0.3, -0.25) is 0 Å². The van der Waals surface area contributed by atoms with E-state index in [0.717, 1.165) is 21.6 Å². The molecule has 1 unspecified atom stereocenters. The van der Waals surface area contributed by atoms with E-state index in [-0.39, 0.29) is 6.17 Å². The highest BCUT2D eigenvalue weighted by Crippen LogP contribution is 2.36. The fourth-order valence-electron chi connectivity index (χ4n) is 1.93. The van der Waals surface area contributed by atoms with Gasteiger partial charge in [0.2, 0.25) is 6.20 Å². The van der Waals surface area contributed by atoms with Gasteiger partial charge in [-0.1, -0.05) is 18.2 Å². The zero-order valence-corrected chi connectivity index (χ0v) is 7.47. The van der Waals surface area contributed by atoms with Crippen LogP contribution in [0.1, 0.15) is 5.56 Å². The van der Waals surface area contributed by atoms with E-state index in [1.807, 2.05) is 30.3 Å². The summed E-state index contributed by atoms with van der Waals surface area (Å²) in [6, 6.07) is 7.97. The summed E-state index contributed by atoms with van der Waals surface area (Å²) in [6.07, 6.45) is 5.06. The number of nitroso groups, excluding NO2 is 1. The SMILES string of the molecule is O=[15N+]1C=CC=C2c3ccccc3[15NH]C21. The first-order valence-electron chi connectivity index (χ1n) is 4.56.